The maximum absolute atomic E-state index is 10.4. The second-order valence-corrected chi connectivity index (χ2v) is 4.50. The Kier molecular flexibility index (Phi) is 9.19. The van der Waals surface area contributed by atoms with Crippen molar-refractivity contribution in [3.05, 3.63) is 10.1 Å². The van der Waals surface area contributed by atoms with Crippen LogP contribution in [-0.2, 0) is 0 Å². The second kappa shape index (κ2) is 9.58. The lowest BCUT2D eigenvalue weighted by molar-refractivity contribution is -0.530. The molecule has 0 rings (SSSR count). The normalized spacial score (nSPS) is 14.7. The molecule has 0 aromatic rings. The van der Waals surface area contributed by atoms with Gasteiger partial charge in [-0.25, -0.2) is 0 Å². The minimum atomic E-state index is -0.833. The number of unbranched alkanes of at least 4 members (excludes halogenated alkanes) is 6. The number of nitrogens with zero attached hydrogens (tertiary/aromatic N) is 1. The van der Waals surface area contributed by atoms with Gasteiger partial charge in [-0.3, -0.25) is 10.1 Å². The fraction of sp³-hybridized carbons (Fsp3) is 1.00. The highest BCUT2D eigenvalue weighted by atomic mass is 16.6. The average molecular weight is 231 g/mol. The van der Waals surface area contributed by atoms with Crippen LogP contribution in [0.15, 0.2) is 0 Å². The van der Waals surface area contributed by atoms with E-state index in [-0.39, 0.29) is 0 Å². The molecule has 0 aliphatic carbocycles. The minimum Gasteiger partial charge on any atom is -0.386 e. The Bertz CT molecular complexity index is 185. The molecule has 0 amide bonds. The molecule has 0 aliphatic heterocycles. The minimum absolute atomic E-state index is 0.411. The van der Waals surface area contributed by atoms with Crippen LogP contribution < -0.4 is 0 Å². The number of hydrogen-bond donors (Lipinski definition) is 1. The van der Waals surface area contributed by atoms with Gasteiger partial charge in [0.2, 0.25) is 6.04 Å². The van der Waals surface area contributed by atoms with E-state index in [9.17, 15) is 15.2 Å². The molecule has 0 saturated carbocycles. The van der Waals surface area contributed by atoms with Gasteiger partial charge in [0.15, 0.2) is 0 Å². The molecule has 1 N–H and O–H groups in total. The smallest absolute Gasteiger partial charge is 0.235 e. The standard InChI is InChI=1S/C12H25NO3/c1-3-4-5-6-7-8-9-10-12(14)11(2)13(15)16/h11-12,14H,3-10H2,1-2H3/t11-,12+/m1/s1. The summed E-state index contributed by atoms with van der Waals surface area (Å²) in [5, 5.41) is 19.9. The Morgan fingerprint density at radius 3 is 2.12 bits per heavy atom. The first-order chi connectivity index (χ1) is 7.59. The van der Waals surface area contributed by atoms with Gasteiger partial charge in [0.25, 0.3) is 0 Å². The lowest BCUT2D eigenvalue weighted by Crippen LogP contribution is -2.30. The van der Waals surface area contributed by atoms with Crippen molar-refractivity contribution in [3.8, 4) is 0 Å². The van der Waals surface area contributed by atoms with Crippen molar-refractivity contribution in [1.29, 1.82) is 0 Å². The fourth-order valence-corrected chi connectivity index (χ4v) is 1.69. The van der Waals surface area contributed by atoms with E-state index in [1.54, 1.807) is 0 Å². The molecule has 0 heterocycles. The SMILES string of the molecule is CCCCCCCCC[C@H](O)[C@@H](C)[N+](=O)[O-]. The van der Waals surface area contributed by atoms with Gasteiger partial charge in [-0.05, 0) is 6.42 Å². The van der Waals surface area contributed by atoms with E-state index in [0.29, 0.717) is 6.42 Å². The summed E-state index contributed by atoms with van der Waals surface area (Å²) in [5.74, 6) is 0. The third-order valence-electron chi connectivity index (χ3n) is 2.99. The van der Waals surface area contributed by atoms with Crippen LogP contribution in [0.25, 0.3) is 0 Å². The second-order valence-electron chi connectivity index (χ2n) is 4.50. The molecule has 0 unspecified atom stereocenters. The van der Waals surface area contributed by atoms with Gasteiger partial charge in [-0.1, -0.05) is 51.9 Å². The Labute approximate surface area is 98.2 Å². The molecule has 4 nitrogen and oxygen atoms in total. The average Bonchev–Trinajstić information content (AvgIpc) is 2.26. The molecule has 0 aromatic carbocycles. The number of rotatable bonds is 10. The summed E-state index contributed by atoms with van der Waals surface area (Å²) >= 11 is 0. The molecule has 0 bridgehead atoms. The Hall–Kier alpha value is -0.640. The maximum Gasteiger partial charge on any atom is 0.235 e. The molecule has 2 atom stereocenters. The summed E-state index contributed by atoms with van der Waals surface area (Å²) in [7, 11) is 0. The zero-order valence-corrected chi connectivity index (χ0v) is 10.5. The van der Waals surface area contributed by atoms with Gasteiger partial charge in [0.1, 0.15) is 6.10 Å². The molecular weight excluding hydrogens is 206 g/mol. The third kappa shape index (κ3) is 7.63. The van der Waals surface area contributed by atoms with Crippen LogP contribution in [0.1, 0.15) is 65.2 Å². The van der Waals surface area contributed by atoms with Gasteiger partial charge < -0.3 is 5.11 Å². The Morgan fingerprint density at radius 1 is 1.12 bits per heavy atom. The third-order valence-corrected chi connectivity index (χ3v) is 2.99. The topological polar surface area (TPSA) is 63.4 Å². The van der Waals surface area contributed by atoms with Crippen LogP contribution in [0.4, 0.5) is 0 Å². The zero-order valence-electron chi connectivity index (χ0n) is 10.5. The highest BCUT2D eigenvalue weighted by Crippen LogP contribution is 2.11. The van der Waals surface area contributed by atoms with Crippen LogP contribution in [0, 0.1) is 10.1 Å². The van der Waals surface area contributed by atoms with E-state index in [4.69, 9.17) is 0 Å². The summed E-state index contributed by atoms with van der Waals surface area (Å²) in [5.41, 5.74) is 0. The van der Waals surface area contributed by atoms with E-state index >= 15 is 0 Å². The molecule has 0 fully saturated rings. The quantitative estimate of drug-likeness (QED) is 0.357. The van der Waals surface area contributed by atoms with E-state index in [1.807, 2.05) is 0 Å². The largest absolute Gasteiger partial charge is 0.386 e. The summed E-state index contributed by atoms with van der Waals surface area (Å²) in [6.07, 6.45) is 7.98. The molecular formula is C12H25NO3. The van der Waals surface area contributed by atoms with E-state index < -0.39 is 17.1 Å². The first-order valence-electron chi connectivity index (χ1n) is 6.41. The van der Waals surface area contributed by atoms with Crippen LogP contribution in [0.2, 0.25) is 0 Å². The highest BCUT2D eigenvalue weighted by Gasteiger charge is 2.23. The molecule has 96 valence electrons. The van der Waals surface area contributed by atoms with E-state index in [0.717, 1.165) is 12.8 Å². The van der Waals surface area contributed by atoms with Gasteiger partial charge >= 0.3 is 0 Å². The molecule has 0 radical (unpaired) electrons. The summed E-state index contributed by atoms with van der Waals surface area (Å²) < 4.78 is 0. The molecule has 0 saturated heterocycles. The van der Waals surface area contributed by atoms with Gasteiger partial charge in [0, 0.05) is 11.8 Å². The number of hydrogen-bond acceptors (Lipinski definition) is 3. The fourth-order valence-electron chi connectivity index (χ4n) is 1.69. The summed E-state index contributed by atoms with van der Waals surface area (Å²) in [6.45, 7) is 3.65. The van der Waals surface area contributed by atoms with Crippen LogP contribution in [0.3, 0.4) is 0 Å². The van der Waals surface area contributed by atoms with Crippen molar-refractivity contribution in [2.75, 3.05) is 0 Å². The predicted octanol–water partition coefficient (Wildman–Crippen LogP) is 3.15. The van der Waals surface area contributed by atoms with Crippen molar-refractivity contribution >= 4 is 0 Å². The zero-order chi connectivity index (χ0) is 12.4. The number of aliphatic hydroxyl groups is 1. The summed E-state index contributed by atoms with van der Waals surface area (Å²) in [6, 6.07) is -0.833. The van der Waals surface area contributed by atoms with E-state index in [1.165, 1.54) is 39.0 Å². The first-order valence-corrected chi connectivity index (χ1v) is 6.41. The van der Waals surface area contributed by atoms with E-state index in [2.05, 4.69) is 6.92 Å². The molecule has 0 aromatic heterocycles. The monoisotopic (exact) mass is 231 g/mol. The van der Waals surface area contributed by atoms with Gasteiger partial charge in [-0.15, -0.1) is 0 Å². The highest BCUT2D eigenvalue weighted by molar-refractivity contribution is 4.62. The molecule has 16 heavy (non-hydrogen) atoms. The van der Waals surface area contributed by atoms with Gasteiger partial charge in [-0.2, -0.15) is 0 Å². The Morgan fingerprint density at radius 2 is 1.62 bits per heavy atom. The predicted molar refractivity (Wildman–Crippen MR) is 65.1 cm³/mol. The van der Waals surface area contributed by atoms with Crippen LogP contribution in [0.5, 0.6) is 0 Å². The summed E-state index contributed by atoms with van der Waals surface area (Å²) in [4.78, 5) is 9.98. The van der Waals surface area contributed by atoms with Crippen molar-refractivity contribution in [3.63, 3.8) is 0 Å². The van der Waals surface area contributed by atoms with Crippen LogP contribution >= 0.6 is 0 Å². The molecule has 4 heteroatoms. The number of nitro groups is 1. The van der Waals surface area contributed by atoms with Crippen LogP contribution in [-0.4, -0.2) is 22.2 Å². The van der Waals surface area contributed by atoms with Gasteiger partial charge in [0.05, 0.1) is 0 Å². The lowest BCUT2D eigenvalue weighted by atomic mass is 10.0. The van der Waals surface area contributed by atoms with Crippen molar-refractivity contribution in [2.24, 2.45) is 0 Å². The molecule has 0 spiro atoms. The molecule has 0 aliphatic rings. The van der Waals surface area contributed by atoms with Crippen molar-refractivity contribution in [1.82, 2.24) is 0 Å². The number of aliphatic hydroxyl groups excluding tert-OH is 1. The van der Waals surface area contributed by atoms with Crippen molar-refractivity contribution < 1.29 is 10.0 Å². The Balaban J connectivity index is 3.34. The van der Waals surface area contributed by atoms with Crippen molar-refractivity contribution in [2.45, 2.75) is 77.4 Å². The first kappa shape index (κ1) is 15.4. The lowest BCUT2D eigenvalue weighted by Gasteiger charge is -2.11. The maximum atomic E-state index is 10.4.